The Morgan fingerprint density at radius 3 is 2.88 bits per heavy atom. The molecule has 0 N–H and O–H groups in total. The van der Waals surface area contributed by atoms with Crippen LogP contribution in [0.15, 0.2) is 41.9 Å². The van der Waals surface area contributed by atoms with Gasteiger partial charge >= 0.3 is 0 Å². The Balaban J connectivity index is 1.78. The molecule has 1 aromatic rings. The van der Waals surface area contributed by atoms with E-state index in [0.29, 0.717) is 16.7 Å². The maximum atomic E-state index is 12.3. The molecule has 0 saturated carbocycles. The molecule has 24 heavy (non-hydrogen) atoms. The zero-order valence-electron chi connectivity index (χ0n) is 12.9. The minimum atomic E-state index is -3.02. The van der Waals surface area contributed by atoms with Crippen LogP contribution in [0.25, 0.3) is 0 Å². The van der Waals surface area contributed by atoms with E-state index in [2.05, 4.69) is 11.6 Å². The molecule has 2 aliphatic heterocycles. The lowest BCUT2D eigenvalue weighted by molar-refractivity contribution is -0.117. The van der Waals surface area contributed by atoms with Crippen LogP contribution in [-0.2, 0) is 21.1 Å². The molecule has 3 rings (SSSR count). The van der Waals surface area contributed by atoms with E-state index in [9.17, 15) is 13.2 Å². The van der Waals surface area contributed by atoms with Gasteiger partial charge in [-0.2, -0.15) is 4.99 Å². The Labute approximate surface area is 150 Å². The summed E-state index contributed by atoms with van der Waals surface area (Å²) in [5.41, 5.74) is 0.731. The Bertz CT molecular complexity index is 807. The minimum absolute atomic E-state index is 0.0678. The molecule has 2 saturated heterocycles. The first-order chi connectivity index (χ1) is 11.4. The largest absolute Gasteiger partial charge is 0.342 e. The van der Waals surface area contributed by atoms with Crippen molar-refractivity contribution >= 4 is 44.3 Å². The highest BCUT2D eigenvalue weighted by atomic mass is 35.5. The van der Waals surface area contributed by atoms with Crippen LogP contribution < -0.4 is 0 Å². The molecule has 2 atom stereocenters. The summed E-state index contributed by atoms with van der Waals surface area (Å²) < 4.78 is 23.6. The second kappa shape index (κ2) is 6.90. The lowest BCUT2D eigenvalue weighted by Gasteiger charge is -2.22. The number of amidine groups is 1. The second-order valence-corrected chi connectivity index (χ2v) is 9.57. The van der Waals surface area contributed by atoms with Gasteiger partial charge in [0.1, 0.15) is 0 Å². The number of hydrogen-bond donors (Lipinski definition) is 0. The Morgan fingerprint density at radius 1 is 1.42 bits per heavy atom. The third-order valence-corrected chi connectivity index (χ3v) is 7.64. The fourth-order valence-electron chi connectivity index (χ4n) is 2.94. The van der Waals surface area contributed by atoms with Crippen molar-refractivity contribution in [3.63, 3.8) is 0 Å². The maximum absolute atomic E-state index is 12.3. The van der Waals surface area contributed by atoms with Crippen LogP contribution in [0.5, 0.6) is 0 Å². The number of amides is 1. The third kappa shape index (κ3) is 3.68. The van der Waals surface area contributed by atoms with E-state index < -0.39 is 9.84 Å². The van der Waals surface area contributed by atoms with E-state index in [1.54, 1.807) is 18.2 Å². The summed E-state index contributed by atoms with van der Waals surface area (Å²) in [6.07, 6.45) is 1.82. The van der Waals surface area contributed by atoms with Gasteiger partial charge in [0, 0.05) is 16.8 Å². The molecule has 0 unspecified atom stereocenters. The lowest BCUT2D eigenvalue weighted by Crippen LogP contribution is -2.37. The van der Waals surface area contributed by atoms with Gasteiger partial charge in [-0.15, -0.1) is 6.58 Å². The van der Waals surface area contributed by atoms with Crippen LogP contribution in [0.1, 0.15) is 5.56 Å². The average Bonchev–Trinajstić information content (AvgIpc) is 2.95. The molecule has 0 aliphatic carbocycles. The molecule has 8 heteroatoms. The number of halogens is 1. The first-order valence-electron chi connectivity index (χ1n) is 7.49. The number of carbonyl (C=O) groups excluding carboxylic acids is 1. The lowest BCUT2D eigenvalue weighted by atomic mass is 10.1. The zero-order chi connectivity index (χ0) is 17.3. The van der Waals surface area contributed by atoms with E-state index in [-0.39, 0.29) is 35.1 Å². The molecule has 2 aliphatic rings. The Hall–Kier alpha value is -1.31. The zero-order valence-corrected chi connectivity index (χ0v) is 15.3. The molecular weight excluding hydrogens is 368 g/mol. The number of carbonyl (C=O) groups is 1. The van der Waals surface area contributed by atoms with Gasteiger partial charge in [0.15, 0.2) is 15.0 Å². The SMILES string of the molecule is C=CCN1C(=NC(=O)Cc2ccccc2Cl)S[C@H]2CS(=O)(=O)C[C@H]21. The average molecular weight is 385 g/mol. The number of rotatable bonds is 4. The van der Waals surface area contributed by atoms with Crippen LogP contribution in [0.4, 0.5) is 0 Å². The van der Waals surface area contributed by atoms with Crippen LogP contribution >= 0.6 is 23.4 Å². The van der Waals surface area contributed by atoms with Crippen LogP contribution in [0, 0.1) is 0 Å². The molecule has 5 nitrogen and oxygen atoms in total. The van der Waals surface area contributed by atoms with Gasteiger partial charge in [-0.05, 0) is 11.6 Å². The number of benzene rings is 1. The summed E-state index contributed by atoms with van der Waals surface area (Å²) in [5.74, 6) is -0.0493. The number of aliphatic imine (C=N–C) groups is 1. The maximum Gasteiger partial charge on any atom is 0.252 e. The van der Waals surface area contributed by atoms with Crippen molar-refractivity contribution in [3.05, 3.63) is 47.5 Å². The second-order valence-electron chi connectivity index (χ2n) is 5.80. The van der Waals surface area contributed by atoms with Crippen molar-refractivity contribution in [3.8, 4) is 0 Å². The van der Waals surface area contributed by atoms with E-state index in [4.69, 9.17) is 11.6 Å². The monoisotopic (exact) mass is 384 g/mol. The molecule has 0 aromatic heterocycles. The van der Waals surface area contributed by atoms with E-state index >= 15 is 0 Å². The summed E-state index contributed by atoms with van der Waals surface area (Å²) in [6.45, 7) is 4.18. The number of hydrogen-bond acceptors (Lipinski definition) is 4. The quantitative estimate of drug-likeness (QED) is 0.744. The topological polar surface area (TPSA) is 66.8 Å². The molecule has 2 heterocycles. The molecular formula is C16H17ClN2O3S2. The highest BCUT2D eigenvalue weighted by Gasteiger charge is 2.48. The summed E-state index contributed by atoms with van der Waals surface area (Å²) in [7, 11) is -3.02. The van der Waals surface area contributed by atoms with Gasteiger partial charge in [0.05, 0.1) is 24.0 Å². The molecule has 0 bridgehead atoms. The molecule has 1 aromatic carbocycles. The van der Waals surface area contributed by atoms with Crippen LogP contribution in [0.3, 0.4) is 0 Å². The van der Waals surface area contributed by atoms with Crippen molar-refractivity contribution in [2.24, 2.45) is 4.99 Å². The highest BCUT2D eigenvalue weighted by molar-refractivity contribution is 8.15. The van der Waals surface area contributed by atoms with Crippen molar-refractivity contribution in [1.82, 2.24) is 4.90 Å². The fourth-order valence-corrected chi connectivity index (χ4v) is 7.12. The number of fused-ring (bicyclic) bond motifs is 1. The Kier molecular flexibility index (Phi) is 5.03. The standard InChI is InChI=1S/C16H17ClN2O3S2/c1-2-7-19-13-9-24(21,22)10-14(13)23-16(19)18-15(20)8-11-5-3-4-6-12(11)17/h2-6,13-14H,1,7-10H2/t13-,14+/m1/s1. The first-order valence-corrected chi connectivity index (χ1v) is 10.6. The van der Waals surface area contributed by atoms with Crippen molar-refractivity contribution in [1.29, 1.82) is 0 Å². The number of sulfone groups is 1. The van der Waals surface area contributed by atoms with Gasteiger partial charge in [-0.1, -0.05) is 47.6 Å². The van der Waals surface area contributed by atoms with Gasteiger partial charge in [-0.25, -0.2) is 8.42 Å². The van der Waals surface area contributed by atoms with Crippen molar-refractivity contribution in [2.45, 2.75) is 17.7 Å². The molecule has 0 spiro atoms. The van der Waals surface area contributed by atoms with E-state index in [0.717, 1.165) is 5.56 Å². The number of thioether (sulfide) groups is 1. The summed E-state index contributed by atoms with van der Waals surface area (Å²) in [6, 6.07) is 7.03. The molecule has 2 fully saturated rings. The first kappa shape index (κ1) is 17.5. The van der Waals surface area contributed by atoms with Crippen LogP contribution in [-0.4, -0.2) is 53.7 Å². The van der Waals surface area contributed by atoms with Gasteiger partial charge in [0.25, 0.3) is 5.91 Å². The smallest absolute Gasteiger partial charge is 0.252 e. The fraction of sp³-hybridized carbons (Fsp3) is 0.375. The molecule has 1 amide bonds. The van der Waals surface area contributed by atoms with E-state index in [1.807, 2.05) is 17.0 Å². The summed E-state index contributed by atoms with van der Waals surface area (Å²) >= 11 is 7.45. The molecule has 0 radical (unpaired) electrons. The number of nitrogens with zero attached hydrogens (tertiary/aromatic N) is 2. The Morgan fingerprint density at radius 2 is 2.17 bits per heavy atom. The predicted octanol–water partition coefficient (Wildman–Crippen LogP) is 2.17. The van der Waals surface area contributed by atoms with E-state index in [1.165, 1.54) is 11.8 Å². The minimum Gasteiger partial charge on any atom is -0.342 e. The summed E-state index contributed by atoms with van der Waals surface area (Å²) in [5, 5.41) is 1.05. The normalized spacial score (nSPS) is 26.5. The summed E-state index contributed by atoms with van der Waals surface area (Å²) in [4.78, 5) is 18.4. The highest BCUT2D eigenvalue weighted by Crippen LogP contribution is 2.38. The van der Waals surface area contributed by atoms with Gasteiger partial charge in [-0.3, -0.25) is 4.79 Å². The molecule has 128 valence electrons. The van der Waals surface area contributed by atoms with Crippen molar-refractivity contribution < 1.29 is 13.2 Å². The van der Waals surface area contributed by atoms with Crippen molar-refractivity contribution in [2.75, 3.05) is 18.1 Å². The predicted molar refractivity (Wildman–Crippen MR) is 98.3 cm³/mol. The van der Waals surface area contributed by atoms with Crippen LogP contribution in [0.2, 0.25) is 5.02 Å². The third-order valence-electron chi connectivity index (χ3n) is 4.02. The van der Waals surface area contributed by atoms with Gasteiger partial charge in [0.2, 0.25) is 0 Å². The van der Waals surface area contributed by atoms with Gasteiger partial charge < -0.3 is 4.90 Å².